The highest BCUT2D eigenvalue weighted by atomic mass is 32.3. The fourth-order valence-electron chi connectivity index (χ4n) is 11.6. The molecule has 0 bridgehead atoms. The van der Waals surface area contributed by atoms with Gasteiger partial charge in [0.1, 0.15) is 129 Å². The second kappa shape index (κ2) is 42.7. The van der Waals surface area contributed by atoms with Crippen LogP contribution >= 0.6 is 12.0 Å². The fourth-order valence-corrected chi connectivity index (χ4v) is 19.2. The third-order valence-corrected chi connectivity index (χ3v) is 26.7. The first-order valence-corrected chi connectivity index (χ1v) is 49.3. The molecule has 0 saturated heterocycles. The molecule has 0 fully saturated rings. The standard InChI is InChI=1S/C20H18O13S3.C17H14F6O8S2.C14H14O8S2.C12H12O8S2.C8H10O8S2/c1-30-12-3-7-16(19(9-12)35(24,25)26)33-14-5-8-17(20(11-14)36(27,28)29)32-13-4-6-15(31-2)18(10-13)34(21,22)23;1-30-11-5-3-9(7-13(11)32(24,25)26)15(16(18,19)20,17(21,22)23)10-4-6-12(31-2)14(8-10)33(27,28)29;1-21-11-5-3-9(7-13(11)23(15,16)17)10-4-6-12(22-2)14(8-10)24(18,19)20;1-19-9-5-3-8-7(11(9)21(13,14)15)4-6-10(20-2)12(8)22(16,17)18;1-13-5-3-6(14-2)8(18(10,11)12)4-7(5)17-16-15-9/h3-11H,1-2H3,(H,21,22,23)(H,24,25,26)(H,27,28,29);3-8H,1-2H3,(H,24,25,26)(H,27,28,29);3-8H,1-2H3,(H,15,16,17)(H,18,19,20);3-6H,1-2H3,(H,13,14,15)(H,16,17,18);3-4,9H,1-2H3,(H,10,11,12). The molecule has 0 aliphatic rings. The SMILES string of the molecule is COc1cc(OC)c(S(=O)(=O)O)cc1SOOO.COc1ccc(-c2ccc(OC)c(S(=O)(=O)O)c2)cc1S(=O)(=O)O.COc1ccc(C(c2ccc(OC)c(S(=O)(=O)O)c2)(C(F)(F)F)C(F)(F)F)cc1S(=O)(=O)O.COc1ccc(Oc2ccc(Oc3ccc(OC)c(S(=O)(=O)O)c3)c(S(=O)(=O)O)c2)c(S(=O)(=O)O)c1.COc1ccc2c(S(=O)(=O)O)c(OC)ccc2c1S(=O)(=O)O. The van der Waals surface area contributed by atoms with E-state index in [1.165, 1.54) is 116 Å². The van der Waals surface area contributed by atoms with Crippen LogP contribution in [0.3, 0.4) is 0 Å². The van der Waals surface area contributed by atoms with Crippen LogP contribution in [0.1, 0.15) is 11.1 Å². The van der Waals surface area contributed by atoms with Gasteiger partial charge in [-0.05, 0) is 138 Å². The number of alkyl halides is 6. The molecule has 0 amide bonds. The van der Waals surface area contributed by atoms with Crippen LogP contribution in [0.15, 0.2) is 218 Å². The highest BCUT2D eigenvalue weighted by Crippen LogP contribution is 2.58. The predicted octanol–water partition coefficient (Wildman–Crippen LogP) is 11.2. The normalized spacial score (nSPS) is 12.4. The third-order valence-electron chi connectivity index (χ3n) is 17.2. The van der Waals surface area contributed by atoms with Crippen LogP contribution in [-0.2, 0) is 116 Å². The van der Waals surface area contributed by atoms with E-state index in [2.05, 4.69) is 18.8 Å². The van der Waals surface area contributed by atoms with Crippen molar-refractivity contribution in [2.24, 2.45) is 0 Å². The Morgan fingerprint density at radius 2 is 0.496 bits per heavy atom. The summed E-state index contributed by atoms with van der Waals surface area (Å²) in [6.45, 7) is 0. The molecule has 45 nitrogen and oxygen atoms in total. The lowest BCUT2D eigenvalue weighted by Crippen LogP contribution is -2.54. The van der Waals surface area contributed by atoms with Crippen LogP contribution < -0.4 is 56.8 Å². The molecule has 730 valence electrons. The minimum absolute atomic E-state index is 0.0650. The summed E-state index contributed by atoms with van der Waals surface area (Å²) in [7, 11) is -36.5. The van der Waals surface area contributed by atoms with Gasteiger partial charge in [-0.15, -0.1) is 4.33 Å². The van der Waals surface area contributed by atoms with Gasteiger partial charge in [0.25, 0.3) is 101 Å². The van der Waals surface area contributed by atoms with Gasteiger partial charge < -0.3 is 56.8 Å². The van der Waals surface area contributed by atoms with E-state index in [1.54, 1.807) is 0 Å². The molecule has 0 atom stereocenters. The molecular formula is C71H68F6O45S11. The first-order valence-electron chi connectivity index (χ1n) is 34.1. The van der Waals surface area contributed by atoms with Crippen molar-refractivity contribution in [2.45, 2.75) is 71.6 Å². The van der Waals surface area contributed by atoms with Gasteiger partial charge in [0, 0.05) is 35.0 Å². The van der Waals surface area contributed by atoms with Crippen LogP contribution in [0.4, 0.5) is 26.3 Å². The second-order valence-electron chi connectivity index (χ2n) is 25.1. The molecule has 0 heterocycles. The smallest absolute Gasteiger partial charge is 0.411 e. The summed E-state index contributed by atoms with van der Waals surface area (Å²) in [6.07, 6.45) is -12.5. The molecule has 0 saturated carbocycles. The quantitative estimate of drug-likeness (QED) is 0.00655. The molecule has 10 aromatic rings. The zero-order valence-electron chi connectivity index (χ0n) is 68.1. The van der Waals surface area contributed by atoms with Gasteiger partial charge in [0.05, 0.1) is 88.0 Å². The zero-order chi connectivity index (χ0) is 101. The third kappa shape index (κ3) is 27.0. The van der Waals surface area contributed by atoms with Gasteiger partial charge in [-0.2, -0.15) is 111 Å². The first-order chi connectivity index (χ1) is 61.1. The number of rotatable bonds is 30. The molecule has 0 radical (unpaired) electrons. The fraction of sp³-hybridized carbons (Fsp3) is 0.183. The summed E-state index contributed by atoms with van der Waals surface area (Å²) in [5.74, 6) is -3.37. The van der Waals surface area contributed by atoms with Crippen molar-refractivity contribution < 1.29 is 228 Å². The van der Waals surface area contributed by atoms with Gasteiger partial charge in [-0.3, -0.25) is 45.5 Å². The van der Waals surface area contributed by atoms with Gasteiger partial charge in [-0.1, -0.05) is 29.3 Å². The Morgan fingerprint density at radius 1 is 0.248 bits per heavy atom. The average molecular weight is 2110 g/mol. The Labute approximate surface area is 755 Å². The van der Waals surface area contributed by atoms with E-state index in [0.717, 1.165) is 82.0 Å². The second-order valence-corrected chi connectivity index (χ2v) is 39.6. The average Bonchev–Trinajstić information content (AvgIpc) is 0.703. The number of fused-ring (bicyclic) bond motifs is 1. The molecule has 62 heteroatoms. The summed E-state index contributed by atoms with van der Waals surface area (Å²) in [6, 6.07) is 25.8. The largest absolute Gasteiger partial charge is 0.497 e. The highest BCUT2D eigenvalue weighted by molar-refractivity contribution is 7.94. The highest BCUT2D eigenvalue weighted by Gasteiger charge is 2.73. The summed E-state index contributed by atoms with van der Waals surface area (Å²) in [5.41, 5.74) is -7.89. The minimum Gasteiger partial charge on any atom is -0.497 e. The van der Waals surface area contributed by atoms with Crippen LogP contribution in [0.25, 0.3) is 21.9 Å². The zero-order valence-corrected chi connectivity index (χ0v) is 77.1. The van der Waals surface area contributed by atoms with Crippen molar-refractivity contribution in [2.75, 3.05) is 71.1 Å². The first kappa shape index (κ1) is 111. The molecular weight excluding hydrogens is 2040 g/mol. The number of benzene rings is 10. The molecule has 0 spiro atoms. The maximum absolute atomic E-state index is 14.3. The maximum Gasteiger partial charge on any atom is 0.411 e. The van der Waals surface area contributed by atoms with Crippen LogP contribution in [0.2, 0.25) is 0 Å². The maximum atomic E-state index is 14.3. The van der Waals surface area contributed by atoms with Gasteiger partial charge in [-0.25, -0.2) is 5.26 Å². The number of hydrogen-bond acceptors (Lipinski definition) is 36. The Balaban J connectivity index is 0.000000261. The molecule has 0 unspecified atom stereocenters. The van der Waals surface area contributed by atoms with E-state index in [0.29, 0.717) is 24.2 Å². The van der Waals surface area contributed by atoms with Crippen LogP contribution in [0, 0.1) is 0 Å². The monoisotopic (exact) mass is 2110 g/mol. The van der Waals surface area contributed by atoms with Crippen LogP contribution in [-0.4, -0.2) is 218 Å². The molecule has 0 aliphatic carbocycles. The van der Waals surface area contributed by atoms with Gasteiger partial charge in [0.15, 0.2) is 0 Å². The van der Waals surface area contributed by atoms with Gasteiger partial charge >= 0.3 is 12.4 Å². The van der Waals surface area contributed by atoms with Crippen molar-refractivity contribution in [3.8, 4) is 91.6 Å². The lowest BCUT2D eigenvalue weighted by molar-refractivity contribution is -0.432. The van der Waals surface area contributed by atoms with Crippen molar-refractivity contribution in [3.63, 3.8) is 0 Å². The van der Waals surface area contributed by atoms with Crippen molar-refractivity contribution in [1.29, 1.82) is 0 Å². The topological polar surface area (TPSA) is 693 Å². The molecule has 0 aliphatic heterocycles. The predicted molar refractivity (Wildman–Crippen MR) is 442 cm³/mol. The molecule has 133 heavy (non-hydrogen) atoms. The number of ether oxygens (including phenoxy) is 12. The number of halogens is 6. The minimum atomic E-state index is -6.23. The molecule has 10 aromatic carbocycles. The summed E-state index contributed by atoms with van der Waals surface area (Å²) >= 11 is 0.493. The summed E-state index contributed by atoms with van der Waals surface area (Å²) in [5, 5.41) is 11.2. The Morgan fingerprint density at radius 3 is 0.774 bits per heavy atom. The van der Waals surface area contributed by atoms with E-state index in [9.17, 15) is 151 Å². The van der Waals surface area contributed by atoms with Crippen molar-refractivity contribution >= 4 is 124 Å². The lowest BCUT2D eigenvalue weighted by atomic mass is 9.73. The lowest BCUT2D eigenvalue weighted by Gasteiger charge is -2.38. The Kier molecular flexibility index (Phi) is 35.5. The Hall–Kier alpha value is -11.0. The summed E-state index contributed by atoms with van der Waals surface area (Å²) in [4.78, 5) is -7.40. The van der Waals surface area contributed by atoms with E-state index < -0.39 is 196 Å². The van der Waals surface area contributed by atoms with E-state index in [1.807, 2.05) is 0 Å². The van der Waals surface area contributed by atoms with Crippen LogP contribution in [0.5, 0.6) is 80.5 Å². The van der Waals surface area contributed by atoms with Gasteiger partial charge in [0.2, 0.25) is 5.41 Å². The molecule has 0 aromatic heterocycles. The van der Waals surface area contributed by atoms with Crippen molar-refractivity contribution in [3.05, 3.63) is 175 Å². The van der Waals surface area contributed by atoms with Crippen molar-refractivity contribution in [1.82, 2.24) is 0 Å². The van der Waals surface area contributed by atoms with E-state index in [-0.39, 0.29) is 114 Å². The summed E-state index contributed by atoms with van der Waals surface area (Å²) < 4.78 is 474. The number of hydrogen-bond donors (Lipinski definition) is 11. The Bertz CT molecular complexity index is 7030. The van der Waals surface area contributed by atoms with E-state index in [4.69, 9.17) is 57.2 Å². The van der Waals surface area contributed by atoms with E-state index >= 15 is 0 Å². The molecule has 10 rings (SSSR count). The molecule has 11 N–H and O–H groups in total. The number of methoxy groups -OCH3 is 10.